The minimum Gasteiger partial charge on any atom is -0.506 e. The first kappa shape index (κ1) is 11.6. The van der Waals surface area contributed by atoms with Crippen molar-refractivity contribution in [1.82, 2.24) is 9.88 Å². The Kier molecular flexibility index (Phi) is 3.57. The van der Waals surface area contributed by atoms with Crippen molar-refractivity contribution in [3.63, 3.8) is 0 Å². The number of hydrogen-bond donors (Lipinski definition) is 1. The van der Waals surface area contributed by atoms with E-state index in [4.69, 9.17) is 0 Å². The van der Waals surface area contributed by atoms with Crippen LogP contribution in [-0.4, -0.2) is 33.5 Å². The molecular weight excluding hydrogens is 219 g/mol. The first-order valence-electron chi connectivity index (χ1n) is 5.68. The van der Waals surface area contributed by atoms with Crippen molar-refractivity contribution < 1.29 is 5.11 Å². The molecular formula is C12H17N2OP. The second-order valence-electron chi connectivity index (χ2n) is 4.22. The van der Waals surface area contributed by atoms with Gasteiger partial charge in [-0.05, 0) is 25.8 Å². The highest BCUT2D eigenvalue weighted by Crippen LogP contribution is 2.19. The highest BCUT2D eigenvalue weighted by Gasteiger charge is 2.15. The van der Waals surface area contributed by atoms with Gasteiger partial charge in [0.25, 0.3) is 0 Å². The minimum atomic E-state index is 0.255. The molecule has 1 aromatic rings. The van der Waals surface area contributed by atoms with Crippen molar-refractivity contribution in [2.75, 3.05) is 13.1 Å². The summed E-state index contributed by atoms with van der Waals surface area (Å²) in [5.41, 5.74) is 2.64. The van der Waals surface area contributed by atoms with E-state index >= 15 is 0 Å². The lowest BCUT2D eigenvalue weighted by Gasteiger charge is -2.27. The van der Waals surface area contributed by atoms with Crippen LogP contribution in [0.4, 0.5) is 0 Å². The Balaban J connectivity index is 2.16. The van der Waals surface area contributed by atoms with Gasteiger partial charge in [0, 0.05) is 30.3 Å². The Morgan fingerprint density at radius 1 is 1.38 bits per heavy atom. The van der Waals surface area contributed by atoms with Crippen LogP contribution in [0.15, 0.2) is 12.3 Å². The number of pyridine rings is 1. The van der Waals surface area contributed by atoms with Gasteiger partial charge in [0.15, 0.2) is 0 Å². The van der Waals surface area contributed by atoms with Gasteiger partial charge >= 0.3 is 0 Å². The number of piperidine rings is 1. The third kappa shape index (κ3) is 2.42. The molecule has 1 aliphatic heterocycles. The van der Waals surface area contributed by atoms with Gasteiger partial charge in [0.2, 0.25) is 0 Å². The fraction of sp³-hybridized carbons (Fsp3) is 0.500. The molecule has 86 valence electrons. The first-order valence-corrected chi connectivity index (χ1v) is 6.18. The molecule has 16 heavy (non-hydrogen) atoms. The lowest BCUT2D eigenvalue weighted by atomic mass is 10.1. The number of aromatic hydroxyl groups is 1. The average Bonchev–Trinajstić information content (AvgIpc) is 2.33. The number of hydrogen-bond acceptors (Lipinski definition) is 2. The second kappa shape index (κ2) is 4.94. The molecule has 1 aromatic heterocycles. The molecule has 0 atom stereocenters. The standard InChI is InChI=1S/C12H17N2OP/c1-9-11(15)7-10(8-13-9)12(16)14-5-3-2-4-6-14/h7-8,15-16H,2-6H2,1H3. The van der Waals surface area contributed by atoms with Crippen LogP contribution in [0.2, 0.25) is 0 Å². The Labute approximate surface area is 98.3 Å². The lowest BCUT2D eigenvalue weighted by Crippen LogP contribution is -2.34. The first-order chi connectivity index (χ1) is 7.68. The number of rotatable bonds is 2. The Morgan fingerprint density at radius 2 is 2.06 bits per heavy atom. The normalized spacial score (nSPS) is 17.3. The molecule has 0 radical (unpaired) electrons. The van der Waals surface area contributed by atoms with Crippen LogP contribution in [0, 0.1) is 6.92 Å². The van der Waals surface area contributed by atoms with Gasteiger partial charge in [-0.2, -0.15) is 0 Å². The predicted molar refractivity (Wildman–Crippen MR) is 68.5 cm³/mol. The van der Waals surface area contributed by atoms with Crippen molar-refractivity contribution >= 4 is 14.3 Å². The number of aromatic nitrogens is 1. The van der Waals surface area contributed by atoms with Crippen LogP contribution in [0.3, 0.4) is 0 Å². The Hall–Kier alpha value is -0.920. The van der Waals surface area contributed by atoms with Crippen LogP contribution in [0.5, 0.6) is 5.75 Å². The highest BCUT2D eigenvalue weighted by molar-refractivity contribution is 7.21. The molecule has 2 heterocycles. The number of aryl methyl sites for hydroxylation is 1. The largest absolute Gasteiger partial charge is 0.506 e. The van der Waals surface area contributed by atoms with E-state index in [1.807, 2.05) is 0 Å². The molecule has 4 heteroatoms. The molecule has 0 saturated carbocycles. The summed E-state index contributed by atoms with van der Waals surface area (Å²) in [5, 5.41) is 9.63. The maximum Gasteiger partial charge on any atom is 0.137 e. The van der Waals surface area contributed by atoms with E-state index < -0.39 is 0 Å². The van der Waals surface area contributed by atoms with Crippen molar-refractivity contribution in [3.8, 4) is 5.75 Å². The van der Waals surface area contributed by atoms with Gasteiger partial charge in [-0.3, -0.25) is 9.88 Å². The SMILES string of the molecule is Cc1ncc(C(=P)N2CCCCC2)cc1O. The maximum atomic E-state index is 9.63. The van der Waals surface area contributed by atoms with E-state index in [0.29, 0.717) is 5.69 Å². The molecule has 0 unspecified atom stereocenters. The molecule has 2 rings (SSSR count). The van der Waals surface area contributed by atoms with Gasteiger partial charge in [-0.25, -0.2) is 0 Å². The van der Waals surface area contributed by atoms with Gasteiger partial charge < -0.3 is 5.11 Å². The van der Waals surface area contributed by atoms with Gasteiger partial charge in [0.1, 0.15) is 5.75 Å². The van der Waals surface area contributed by atoms with Crippen LogP contribution >= 0.6 is 8.86 Å². The van der Waals surface area contributed by atoms with Crippen LogP contribution in [0.25, 0.3) is 0 Å². The summed E-state index contributed by atoms with van der Waals surface area (Å²) in [7, 11) is 3.65. The van der Waals surface area contributed by atoms with Gasteiger partial charge in [0.05, 0.1) is 5.69 Å². The fourth-order valence-corrected chi connectivity index (χ4v) is 2.31. The van der Waals surface area contributed by atoms with E-state index in [2.05, 4.69) is 18.7 Å². The third-order valence-electron chi connectivity index (χ3n) is 3.01. The molecule has 1 fully saturated rings. The Morgan fingerprint density at radius 3 is 2.69 bits per heavy atom. The topological polar surface area (TPSA) is 36.4 Å². The summed E-state index contributed by atoms with van der Waals surface area (Å²) in [6.07, 6.45) is 5.58. The number of nitrogens with zero attached hydrogens (tertiary/aromatic N) is 2. The van der Waals surface area contributed by atoms with E-state index in [9.17, 15) is 5.11 Å². The van der Waals surface area contributed by atoms with E-state index in [0.717, 1.165) is 24.1 Å². The van der Waals surface area contributed by atoms with Crippen molar-refractivity contribution in [2.24, 2.45) is 0 Å². The van der Waals surface area contributed by atoms with Crippen LogP contribution in [-0.2, 0) is 0 Å². The number of likely N-dealkylation sites (tertiary alicyclic amines) is 1. The highest BCUT2D eigenvalue weighted by atomic mass is 31.0. The van der Waals surface area contributed by atoms with Crippen LogP contribution < -0.4 is 0 Å². The molecule has 0 aromatic carbocycles. The predicted octanol–water partition coefficient (Wildman–Crippen LogP) is 2.20. The molecule has 0 spiro atoms. The zero-order chi connectivity index (χ0) is 11.5. The fourth-order valence-electron chi connectivity index (χ4n) is 1.95. The van der Waals surface area contributed by atoms with E-state index in [-0.39, 0.29) is 5.75 Å². The second-order valence-corrected chi connectivity index (χ2v) is 4.70. The van der Waals surface area contributed by atoms with Gasteiger partial charge in [-0.1, -0.05) is 6.42 Å². The smallest absolute Gasteiger partial charge is 0.137 e. The third-order valence-corrected chi connectivity index (χ3v) is 3.61. The molecule has 3 nitrogen and oxygen atoms in total. The zero-order valence-electron chi connectivity index (χ0n) is 9.53. The summed E-state index contributed by atoms with van der Waals surface area (Å²) >= 11 is 0. The minimum absolute atomic E-state index is 0.255. The summed E-state index contributed by atoms with van der Waals surface area (Å²) in [4.78, 5) is 6.46. The summed E-state index contributed by atoms with van der Waals surface area (Å²) < 4.78 is 0. The molecule has 0 aliphatic carbocycles. The maximum absolute atomic E-state index is 9.63. The van der Waals surface area contributed by atoms with Gasteiger partial charge in [-0.15, -0.1) is 8.86 Å². The van der Waals surface area contributed by atoms with Crippen molar-refractivity contribution in [3.05, 3.63) is 23.5 Å². The molecule has 0 bridgehead atoms. The summed E-state index contributed by atoms with van der Waals surface area (Å²) in [6, 6.07) is 1.76. The lowest BCUT2D eigenvalue weighted by molar-refractivity contribution is 0.347. The summed E-state index contributed by atoms with van der Waals surface area (Å²) in [5.74, 6) is 0.255. The zero-order valence-corrected chi connectivity index (χ0v) is 10.5. The van der Waals surface area contributed by atoms with Crippen molar-refractivity contribution in [1.29, 1.82) is 0 Å². The molecule has 1 saturated heterocycles. The van der Waals surface area contributed by atoms with Crippen molar-refractivity contribution in [2.45, 2.75) is 26.2 Å². The van der Waals surface area contributed by atoms with E-state index in [1.54, 1.807) is 19.2 Å². The summed E-state index contributed by atoms with van der Waals surface area (Å²) in [6.45, 7) is 3.95. The average molecular weight is 236 g/mol. The molecule has 1 aliphatic rings. The Bertz CT molecular complexity index is 400. The monoisotopic (exact) mass is 236 g/mol. The quantitative estimate of drug-likeness (QED) is 0.800. The molecule has 1 N–H and O–H groups in total. The van der Waals surface area contributed by atoms with Crippen LogP contribution in [0.1, 0.15) is 30.5 Å². The van der Waals surface area contributed by atoms with E-state index in [1.165, 1.54) is 19.3 Å². The molecule has 0 amide bonds.